The Morgan fingerprint density at radius 3 is 2.57 bits per heavy atom. The van der Waals surface area contributed by atoms with Crippen molar-refractivity contribution in [2.45, 2.75) is 57.2 Å². The van der Waals surface area contributed by atoms with E-state index in [1.807, 2.05) is 0 Å². The summed E-state index contributed by atoms with van der Waals surface area (Å²) >= 11 is 0. The minimum atomic E-state index is -0.154. The summed E-state index contributed by atoms with van der Waals surface area (Å²) in [7, 11) is 1.47. The molecule has 2 saturated heterocycles. The normalized spacial score (nSPS) is 31.4. The van der Waals surface area contributed by atoms with E-state index in [2.05, 4.69) is 38.1 Å². The molecule has 2 aliphatic rings. The van der Waals surface area contributed by atoms with Crippen LogP contribution in [0, 0.1) is 5.92 Å². The fourth-order valence-electron chi connectivity index (χ4n) is 3.78. The van der Waals surface area contributed by atoms with Crippen molar-refractivity contribution in [3.63, 3.8) is 0 Å². The maximum Gasteiger partial charge on any atom is 0.311 e. The number of rotatable bonds is 3. The summed E-state index contributed by atoms with van der Waals surface area (Å²) < 4.78 is 11.0. The van der Waals surface area contributed by atoms with E-state index in [0.717, 1.165) is 19.3 Å². The quantitative estimate of drug-likeness (QED) is 0.797. The molecule has 0 saturated carbocycles. The van der Waals surface area contributed by atoms with Gasteiger partial charge in [0.05, 0.1) is 25.2 Å². The third-order valence-electron chi connectivity index (χ3n) is 5.00. The molecule has 114 valence electrons. The zero-order chi connectivity index (χ0) is 15.0. The molecule has 3 rings (SSSR count). The Hall–Kier alpha value is -1.35. The number of methoxy groups -OCH3 is 1. The molecule has 1 aromatic rings. The van der Waals surface area contributed by atoms with E-state index >= 15 is 0 Å². The van der Waals surface area contributed by atoms with Gasteiger partial charge in [-0.15, -0.1) is 0 Å². The molecule has 0 aromatic heterocycles. The second kappa shape index (κ2) is 5.80. The minimum absolute atomic E-state index is 0.0333. The second-order valence-corrected chi connectivity index (χ2v) is 6.59. The summed E-state index contributed by atoms with van der Waals surface area (Å²) in [5.41, 5.74) is 2.58. The van der Waals surface area contributed by atoms with Crippen LogP contribution >= 0.6 is 0 Å². The molecule has 4 atom stereocenters. The van der Waals surface area contributed by atoms with Gasteiger partial charge in [-0.05, 0) is 36.3 Å². The molecule has 0 radical (unpaired) electrons. The van der Waals surface area contributed by atoms with Crippen molar-refractivity contribution in [3.05, 3.63) is 35.4 Å². The molecule has 2 heterocycles. The van der Waals surface area contributed by atoms with Gasteiger partial charge in [0.2, 0.25) is 0 Å². The van der Waals surface area contributed by atoms with Crippen molar-refractivity contribution in [1.29, 1.82) is 0 Å². The molecule has 3 unspecified atom stereocenters. The summed E-state index contributed by atoms with van der Waals surface area (Å²) in [6.07, 6.45) is 3.32. The highest BCUT2D eigenvalue weighted by Gasteiger charge is 2.47. The molecule has 2 aliphatic heterocycles. The smallest absolute Gasteiger partial charge is 0.311 e. The number of carbonyl (C=O) groups excluding carboxylic acids is 1. The van der Waals surface area contributed by atoms with Gasteiger partial charge in [-0.2, -0.15) is 0 Å². The lowest BCUT2D eigenvalue weighted by Crippen LogP contribution is -2.39. The second-order valence-electron chi connectivity index (χ2n) is 6.59. The van der Waals surface area contributed by atoms with Crippen molar-refractivity contribution in [2.75, 3.05) is 7.11 Å². The SMILES string of the molecule is COC(=O)C1C(c2ccc(C(C)C)cc2)CC2CC[C@@H]1O2. The predicted octanol–water partition coefficient (Wildman–Crippen LogP) is 3.63. The minimum Gasteiger partial charge on any atom is -0.469 e. The van der Waals surface area contributed by atoms with Crippen molar-refractivity contribution in [1.82, 2.24) is 0 Å². The average molecular weight is 288 g/mol. The van der Waals surface area contributed by atoms with Gasteiger partial charge in [0.1, 0.15) is 0 Å². The summed E-state index contributed by atoms with van der Waals surface area (Å²) in [5, 5.41) is 0. The Labute approximate surface area is 126 Å². The monoisotopic (exact) mass is 288 g/mol. The molecule has 2 bridgehead atoms. The van der Waals surface area contributed by atoms with Crippen molar-refractivity contribution >= 4 is 5.97 Å². The van der Waals surface area contributed by atoms with Gasteiger partial charge in [0, 0.05) is 5.92 Å². The van der Waals surface area contributed by atoms with Gasteiger partial charge in [-0.1, -0.05) is 38.1 Å². The van der Waals surface area contributed by atoms with E-state index in [1.54, 1.807) is 0 Å². The number of fused-ring (bicyclic) bond motifs is 2. The van der Waals surface area contributed by atoms with Crippen LogP contribution in [0.5, 0.6) is 0 Å². The Bertz CT molecular complexity index is 506. The molecule has 3 nitrogen and oxygen atoms in total. The van der Waals surface area contributed by atoms with Crippen LogP contribution in [0.15, 0.2) is 24.3 Å². The zero-order valence-electron chi connectivity index (χ0n) is 13.0. The fraction of sp³-hybridized carbons (Fsp3) is 0.611. The number of carbonyl (C=O) groups is 1. The number of hydrogen-bond acceptors (Lipinski definition) is 3. The third-order valence-corrected chi connectivity index (χ3v) is 5.00. The lowest BCUT2D eigenvalue weighted by Gasteiger charge is -2.35. The van der Waals surface area contributed by atoms with Crippen molar-refractivity contribution in [3.8, 4) is 0 Å². The maximum atomic E-state index is 12.2. The molecule has 0 aliphatic carbocycles. The van der Waals surface area contributed by atoms with E-state index in [4.69, 9.17) is 9.47 Å². The standard InChI is InChI=1S/C18H24O3/c1-11(2)12-4-6-13(7-5-12)15-10-14-8-9-16(21-14)17(15)18(19)20-3/h4-7,11,14-17H,8-10H2,1-3H3/t14?,15?,16-,17?/m0/s1. The molecule has 1 aromatic carbocycles. The number of hydrogen-bond donors (Lipinski definition) is 0. The summed E-state index contributed by atoms with van der Waals surface area (Å²) in [5.74, 6) is 0.475. The molecule has 0 N–H and O–H groups in total. The largest absolute Gasteiger partial charge is 0.469 e. The fourth-order valence-corrected chi connectivity index (χ4v) is 3.78. The molecular formula is C18H24O3. The third kappa shape index (κ3) is 2.71. The van der Waals surface area contributed by atoms with E-state index in [0.29, 0.717) is 12.0 Å². The van der Waals surface area contributed by atoms with Gasteiger partial charge >= 0.3 is 5.97 Å². The van der Waals surface area contributed by atoms with Gasteiger partial charge in [0.25, 0.3) is 0 Å². The van der Waals surface area contributed by atoms with Crippen LogP contribution < -0.4 is 0 Å². The molecule has 21 heavy (non-hydrogen) atoms. The van der Waals surface area contributed by atoms with E-state index in [-0.39, 0.29) is 23.9 Å². The highest BCUT2D eigenvalue weighted by Crippen LogP contribution is 2.45. The van der Waals surface area contributed by atoms with Gasteiger partial charge in [-0.3, -0.25) is 4.79 Å². The van der Waals surface area contributed by atoms with Crippen LogP contribution in [-0.2, 0) is 14.3 Å². The Morgan fingerprint density at radius 2 is 1.95 bits per heavy atom. The lowest BCUT2D eigenvalue weighted by atomic mass is 9.78. The van der Waals surface area contributed by atoms with Gasteiger partial charge in [-0.25, -0.2) is 0 Å². The number of benzene rings is 1. The van der Waals surface area contributed by atoms with E-state index < -0.39 is 0 Å². The first-order chi connectivity index (χ1) is 10.1. The van der Waals surface area contributed by atoms with Crippen LogP contribution in [0.4, 0.5) is 0 Å². The van der Waals surface area contributed by atoms with E-state index in [9.17, 15) is 4.79 Å². The van der Waals surface area contributed by atoms with Gasteiger partial charge < -0.3 is 9.47 Å². The zero-order valence-corrected chi connectivity index (χ0v) is 13.0. The molecule has 3 heteroatoms. The molecule has 0 spiro atoms. The van der Waals surface area contributed by atoms with Crippen LogP contribution in [0.3, 0.4) is 0 Å². The Kier molecular flexibility index (Phi) is 4.03. The van der Waals surface area contributed by atoms with Crippen LogP contribution in [0.2, 0.25) is 0 Å². The van der Waals surface area contributed by atoms with Gasteiger partial charge in [0.15, 0.2) is 0 Å². The molecule has 0 amide bonds. The first-order valence-electron chi connectivity index (χ1n) is 7.93. The Morgan fingerprint density at radius 1 is 1.24 bits per heavy atom. The highest BCUT2D eigenvalue weighted by atomic mass is 16.5. The van der Waals surface area contributed by atoms with Crippen LogP contribution in [0.1, 0.15) is 56.1 Å². The maximum absolute atomic E-state index is 12.2. The number of esters is 1. The summed E-state index contributed by atoms with van der Waals surface area (Å²) in [4.78, 5) is 12.2. The topological polar surface area (TPSA) is 35.5 Å². The predicted molar refractivity (Wildman–Crippen MR) is 81.3 cm³/mol. The average Bonchev–Trinajstić information content (AvgIpc) is 2.88. The first kappa shape index (κ1) is 14.6. The van der Waals surface area contributed by atoms with Crippen molar-refractivity contribution in [2.24, 2.45) is 5.92 Å². The number of ether oxygens (including phenoxy) is 2. The lowest BCUT2D eigenvalue weighted by molar-refractivity contribution is -0.156. The molecule has 2 fully saturated rings. The molecular weight excluding hydrogens is 264 g/mol. The van der Waals surface area contributed by atoms with Crippen molar-refractivity contribution < 1.29 is 14.3 Å². The summed E-state index contributed by atoms with van der Waals surface area (Å²) in [6, 6.07) is 8.73. The first-order valence-corrected chi connectivity index (χ1v) is 7.93. The highest BCUT2D eigenvalue weighted by molar-refractivity contribution is 5.74. The summed E-state index contributed by atoms with van der Waals surface area (Å²) in [6.45, 7) is 4.39. The van der Waals surface area contributed by atoms with Crippen LogP contribution in [0.25, 0.3) is 0 Å². The Balaban J connectivity index is 1.89. The van der Waals surface area contributed by atoms with E-state index in [1.165, 1.54) is 18.2 Å². The van der Waals surface area contributed by atoms with Crippen LogP contribution in [-0.4, -0.2) is 25.3 Å².